The molecule has 8 nitrogen and oxygen atoms in total. The molecule has 2 heterocycles. The molecule has 36 heavy (non-hydrogen) atoms. The molecule has 0 fully saturated rings. The van der Waals surface area contributed by atoms with Crippen LogP contribution in [0.25, 0.3) is 17.0 Å². The SMILES string of the molecule is COc1cccc(-c2noc(C3=C(C)N(Cc4ccccc4OC)C(=O)NC3c3ccccc3)n2)c1. The van der Waals surface area contributed by atoms with Gasteiger partial charge in [0.2, 0.25) is 5.82 Å². The molecule has 5 rings (SSSR count). The second kappa shape index (κ2) is 9.95. The quantitative estimate of drug-likeness (QED) is 0.377. The van der Waals surface area contributed by atoms with E-state index in [0.29, 0.717) is 29.8 Å². The van der Waals surface area contributed by atoms with Crippen LogP contribution in [0.1, 0.15) is 30.0 Å². The number of hydrogen-bond acceptors (Lipinski definition) is 6. The summed E-state index contributed by atoms with van der Waals surface area (Å²) in [6, 6.07) is 24.2. The summed E-state index contributed by atoms with van der Waals surface area (Å²) >= 11 is 0. The molecule has 0 bridgehead atoms. The normalized spacial score (nSPS) is 15.6. The first kappa shape index (κ1) is 23.2. The second-order valence-electron chi connectivity index (χ2n) is 8.35. The summed E-state index contributed by atoms with van der Waals surface area (Å²) < 4.78 is 16.6. The number of urea groups is 1. The zero-order chi connectivity index (χ0) is 25.1. The van der Waals surface area contributed by atoms with Crippen LogP contribution >= 0.6 is 0 Å². The number of benzene rings is 3. The molecular weight excluding hydrogens is 456 g/mol. The second-order valence-corrected chi connectivity index (χ2v) is 8.35. The van der Waals surface area contributed by atoms with Crippen molar-refractivity contribution in [2.45, 2.75) is 19.5 Å². The highest BCUT2D eigenvalue weighted by Crippen LogP contribution is 2.38. The third-order valence-corrected chi connectivity index (χ3v) is 6.23. The fraction of sp³-hybridized carbons (Fsp3) is 0.179. The highest BCUT2D eigenvalue weighted by Gasteiger charge is 2.36. The zero-order valence-electron chi connectivity index (χ0n) is 20.3. The number of carbonyl (C=O) groups excluding carboxylic acids is 1. The lowest BCUT2D eigenvalue weighted by Crippen LogP contribution is -2.45. The smallest absolute Gasteiger partial charge is 0.322 e. The van der Waals surface area contributed by atoms with Crippen molar-refractivity contribution < 1.29 is 18.8 Å². The molecule has 1 unspecified atom stereocenters. The van der Waals surface area contributed by atoms with E-state index in [1.807, 2.05) is 85.8 Å². The molecule has 3 aromatic carbocycles. The fourth-order valence-electron chi connectivity index (χ4n) is 4.36. The van der Waals surface area contributed by atoms with Crippen LogP contribution in [0.5, 0.6) is 11.5 Å². The van der Waals surface area contributed by atoms with Crippen LogP contribution in [0.4, 0.5) is 4.79 Å². The van der Waals surface area contributed by atoms with E-state index in [1.54, 1.807) is 19.1 Å². The first-order chi connectivity index (χ1) is 17.6. The molecule has 1 aliphatic rings. The Morgan fingerprint density at radius 2 is 1.75 bits per heavy atom. The molecule has 0 radical (unpaired) electrons. The van der Waals surface area contributed by atoms with Gasteiger partial charge in [-0.1, -0.05) is 65.8 Å². The number of carbonyl (C=O) groups is 1. The van der Waals surface area contributed by atoms with Crippen LogP contribution in [-0.4, -0.2) is 35.3 Å². The largest absolute Gasteiger partial charge is 0.497 e. The van der Waals surface area contributed by atoms with E-state index in [0.717, 1.165) is 28.0 Å². The number of hydrogen-bond donors (Lipinski definition) is 1. The van der Waals surface area contributed by atoms with Crippen LogP contribution < -0.4 is 14.8 Å². The first-order valence-electron chi connectivity index (χ1n) is 11.5. The van der Waals surface area contributed by atoms with Crippen molar-refractivity contribution in [2.75, 3.05) is 14.2 Å². The molecule has 8 heteroatoms. The molecule has 0 aliphatic carbocycles. The maximum Gasteiger partial charge on any atom is 0.322 e. The molecule has 1 N–H and O–H groups in total. The predicted octanol–water partition coefficient (Wildman–Crippen LogP) is 5.45. The number of amides is 2. The summed E-state index contributed by atoms with van der Waals surface area (Å²) in [6.45, 7) is 2.22. The minimum atomic E-state index is -0.453. The van der Waals surface area contributed by atoms with Crippen molar-refractivity contribution in [2.24, 2.45) is 0 Å². The van der Waals surface area contributed by atoms with E-state index in [-0.39, 0.29) is 6.03 Å². The van der Waals surface area contributed by atoms with Crippen molar-refractivity contribution in [3.8, 4) is 22.9 Å². The van der Waals surface area contributed by atoms with Gasteiger partial charge in [0.1, 0.15) is 11.5 Å². The Hall–Kier alpha value is -4.59. The maximum absolute atomic E-state index is 13.3. The lowest BCUT2D eigenvalue weighted by atomic mass is 9.94. The van der Waals surface area contributed by atoms with Crippen LogP contribution in [0.3, 0.4) is 0 Å². The molecule has 1 aromatic heterocycles. The van der Waals surface area contributed by atoms with Crippen molar-refractivity contribution in [1.82, 2.24) is 20.4 Å². The van der Waals surface area contributed by atoms with Gasteiger partial charge < -0.3 is 19.3 Å². The highest BCUT2D eigenvalue weighted by molar-refractivity contribution is 5.87. The minimum Gasteiger partial charge on any atom is -0.497 e. The molecule has 0 saturated heterocycles. The number of allylic oxidation sites excluding steroid dienone is 1. The van der Waals surface area contributed by atoms with Gasteiger partial charge in [-0.25, -0.2) is 4.79 Å². The Bertz CT molecular complexity index is 1410. The van der Waals surface area contributed by atoms with Crippen LogP contribution in [-0.2, 0) is 6.54 Å². The molecular formula is C28H26N4O4. The van der Waals surface area contributed by atoms with Gasteiger partial charge >= 0.3 is 6.03 Å². The predicted molar refractivity (Wildman–Crippen MR) is 135 cm³/mol. The van der Waals surface area contributed by atoms with E-state index in [9.17, 15) is 4.79 Å². The van der Waals surface area contributed by atoms with Crippen molar-refractivity contribution in [1.29, 1.82) is 0 Å². The third kappa shape index (κ3) is 4.40. The van der Waals surface area contributed by atoms with Gasteiger partial charge in [-0.2, -0.15) is 4.98 Å². The van der Waals surface area contributed by atoms with Gasteiger partial charge in [0.15, 0.2) is 0 Å². The Kier molecular flexibility index (Phi) is 6.40. The molecule has 182 valence electrons. The number of aromatic nitrogens is 2. The van der Waals surface area contributed by atoms with Crippen molar-refractivity contribution in [3.63, 3.8) is 0 Å². The molecule has 1 atom stereocenters. The molecule has 1 aliphatic heterocycles. The van der Waals surface area contributed by atoms with E-state index in [2.05, 4.69) is 10.5 Å². The minimum absolute atomic E-state index is 0.219. The molecule has 4 aromatic rings. The molecule has 0 saturated carbocycles. The van der Waals surface area contributed by atoms with E-state index in [4.69, 9.17) is 19.0 Å². The zero-order valence-corrected chi connectivity index (χ0v) is 20.3. The summed E-state index contributed by atoms with van der Waals surface area (Å²) in [5.74, 6) is 2.18. The average molecular weight is 483 g/mol. The average Bonchev–Trinajstić information content (AvgIpc) is 3.41. The summed E-state index contributed by atoms with van der Waals surface area (Å²) in [5, 5.41) is 7.36. The number of nitrogens with one attached hydrogen (secondary N) is 1. The van der Waals surface area contributed by atoms with Crippen LogP contribution in [0, 0.1) is 0 Å². The third-order valence-electron chi connectivity index (χ3n) is 6.23. The van der Waals surface area contributed by atoms with Gasteiger partial charge in [-0.15, -0.1) is 0 Å². The van der Waals surface area contributed by atoms with E-state index >= 15 is 0 Å². The van der Waals surface area contributed by atoms with Crippen molar-refractivity contribution in [3.05, 3.63) is 102 Å². The topological polar surface area (TPSA) is 89.7 Å². The van der Waals surface area contributed by atoms with E-state index < -0.39 is 6.04 Å². The monoisotopic (exact) mass is 482 g/mol. The Morgan fingerprint density at radius 3 is 2.53 bits per heavy atom. The molecule has 2 amide bonds. The van der Waals surface area contributed by atoms with Crippen LogP contribution in [0.2, 0.25) is 0 Å². The number of rotatable bonds is 7. The Balaban J connectivity index is 1.59. The van der Waals surface area contributed by atoms with Gasteiger partial charge in [0.05, 0.1) is 32.4 Å². The first-order valence-corrected chi connectivity index (χ1v) is 11.5. The fourth-order valence-corrected chi connectivity index (χ4v) is 4.36. The summed E-state index contributed by atoms with van der Waals surface area (Å²) in [6.07, 6.45) is 0. The Morgan fingerprint density at radius 1 is 0.972 bits per heavy atom. The van der Waals surface area contributed by atoms with Gasteiger partial charge in [-0.3, -0.25) is 4.90 Å². The van der Waals surface area contributed by atoms with Crippen LogP contribution in [0.15, 0.2) is 89.1 Å². The summed E-state index contributed by atoms with van der Waals surface area (Å²) in [4.78, 5) is 19.7. The summed E-state index contributed by atoms with van der Waals surface area (Å²) in [7, 11) is 3.23. The lowest BCUT2D eigenvalue weighted by molar-refractivity contribution is 0.202. The summed E-state index contributed by atoms with van der Waals surface area (Å²) in [5.41, 5.74) is 4.02. The van der Waals surface area contributed by atoms with E-state index in [1.165, 1.54) is 0 Å². The number of ether oxygens (including phenoxy) is 2. The number of nitrogens with zero attached hydrogens (tertiary/aromatic N) is 3. The maximum atomic E-state index is 13.3. The van der Waals surface area contributed by atoms with Crippen molar-refractivity contribution >= 4 is 11.6 Å². The number of para-hydroxylation sites is 1. The standard InChI is InChI=1S/C28H26N4O4/c1-18-24(27-30-26(31-36-27)20-13-9-14-22(16-20)34-2)25(19-10-5-4-6-11-19)29-28(33)32(18)17-21-12-7-8-15-23(21)35-3/h4-16,25H,17H2,1-3H3,(H,29,33). The lowest BCUT2D eigenvalue weighted by Gasteiger charge is -2.35. The Labute approximate surface area is 209 Å². The van der Waals surface area contributed by atoms with Gasteiger partial charge in [0, 0.05) is 16.8 Å². The highest BCUT2D eigenvalue weighted by atomic mass is 16.5. The van der Waals surface area contributed by atoms with Gasteiger partial charge in [0.25, 0.3) is 5.89 Å². The van der Waals surface area contributed by atoms with Gasteiger partial charge in [-0.05, 0) is 30.7 Å². The number of methoxy groups -OCH3 is 2. The molecule has 0 spiro atoms.